The first-order chi connectivity index (χ1) is 9.67. The zero-order valence-electron chi connectivity index (χ0n) is 11.6. The SMILES string of the molecule is Cc1ccc(NC(=O)C2CC3CC3C2)cc1C#CCO. The van der Waals surface area contributed by atoms with Crippen LogP contribution in [0.3, 0.4) is 0 Å². The Labute approximate surface area is 119 Å². The molecule has 0 bridgehead atoms. The summed E-state index contributed by atoms with van der Waals surface area (Å²) in [4.78, 5) is 12.2. The number of fused-ring (bicyclic) bond motifs is 1. The molecule has 1 amide bonds. The van der Waals surface area contributed by atoms with Crippen LogP contribution in [0.4, 0.5) is 5.69 Å². The van der Waals surface area contributed by atoms with E-state index in [2.05, 4.69) is 17.2 Å². The molecule has 1 aromatic carbocycles. The fourth-order valence-corrected chi connectivity index (χ4v) is 3.14. The lowest BCUT2D eigenvalue weighted by molar-refractivity contribution is -0.120. The van der Waals surface area contributed by atoms with Crippen molar-refractivity contribution in [1.29, 1.82) is 0 Å². The fourth-order valence-electron chi connectivity index (χ4n) is 3.14. The van der Waals surface area contributed by atoms with Gasteiger partial charge in [0.2, 0.25) is 5.91 Å². The molecule has 3 nitrogen and oxygen atoms in total. The number of nitrogens with one attached hydrogen (secondary N) is 1. The lowest BCUT2D eigenvalue weighted by atomic mass is 10.0. The molecule has 2 unspecified atom stereocenters. The predicted octanol–water partition coefficient (Wildman–Crippen LogP) is 2.32. The van der Waals surface area contributed by atoms with Gasteiger partial charge in [-0.05, 0) is 55.7 Å². The lowest BCUT2D eigenvalue weighted by Crippen LogP contribution is -2.21. The van der Waals surface area contributed by atoms with E-state index in [1.807, 2.05) is 25.1 Å². The zero-order chi connectivity index (χ0) is 14.1. The molecule has 104 valence electrons. The summed E-state index contributed by atoms with van der Waals surface area (Å²) in [6.45, 7) is 1.82. The number of carbonyl (C=O) groups excluding carboxylic acids is 1. The molecule has 0 heterocycles. The molecule has 2 N–H and O–H groups in total. The van der Waals surface area contributed by atoms with Gasteiger partial charge in [-0.25, -0.2) is 0 Å². The standard InChI is InChI=1S/C17H19NO2/c1-11-4-5-16(10-12(11)3-2-6-19)18-17(20)15-8-13-7-14(13)9-15/h4-5,10,13-15,19H,6-9H2,1H3,(H,18,20). The number of amides is 1. The zero-order valence-corrected chi connectivity index (χ0v) is 11.6. The quantitative estimate of drug-likeness (QED) is 0.810. The van der Waals surface area contributed by atoms with Crippen LogP contribution in [-0.2, 0) is 4.79 Å². The summed E-state index contributed by atoms with van der Waals surface area (Å²) >= 11 is 0. The molecule has 20 heavy (non-hydrogen) atoms. The van der Waals surface area contributed by atoms with E-state index in [4.69, 9.17) is 5.11 Å². The summed E-state index contributed by atoms with van der Waals surface area (Å²) in [5.41, 5.74) is 2.69. The average Bonchev–Trinajstić information content (AvgIpc) is 3.05. The van der Waals surface area contributed by atoms with Crippen molar-refractivity contribution in [1.82, 2.24) is 0 Å². The minimum absolute atomic E-state index is 0.141. The molecule has 0 spiro atoms. The van der Waals surface area contributed by atoms with Gasteiger partial charge in [0.1, 0.15) is 6.61 Å². The van der Waals surface area contributed by atoms with Crippen molar-refractivity contribution >= 4 is 11.6 Å². The molecule has 0 radical (unpaired) electrons. The second kappa shape index (κ2) is 5.30. The van der Waals surface area contributed by atoms with Gasteiger partial charge in [0, 0.05) is 17.2 Å². The Bertz CT molecular complexity index is 587. The van der Waals surface area contributed by atoms with Crippen molar-refractivity contribution < 1.29 is 9.90 Å². The van der Waals surface area contributed by atoms with Crippen molar-refractivity contribution in [3.8, 4) is 11.8 Å². The first-order valence-corrected chi connectivity index (χ1v) is 7.18. The second-order valence-electron chi connectivity index (χ2n) is 5.90. The third kappa shape index (κ3) is 2.71. The van der Waals surface area contributed by atoms with Crippen molar-refractivity contribution in [2.24, 2.45) is 17.8 Å². The maximum atomic E-state index is 12.2. The first-order valence-electron chi connectivity index (χ1n) is 7.18. The van der Waals surface area contributed by atoms with Crippen LogP contribution in [0.5, 0.6) is 0 Å². The fraction of sp³-hybridized carbons (Fsp3) is 0.471. The number of hydrogen-bond acceptors (Lipinski definition) is 2. The number of hydrogen-bond donors (Lipinski definition) is 2. The van der Waals surface area contributed by atoms with Gasteiger partial charge >= 0.3 is 0 Å². The molecule has 2 atom stereocenters. The molecule has 0 aliphatic heterocycles. The summed E-state index contributed by atoms with van der Waals surface area (Å²) in [5, 5.41) is 11.8. The maximum absolute atomic E-state index is 12.2. The van der Waals surface area contributed by atoms with Crippen molar-refractivity contribution in [3.63, 3.8) is 0 Å². The van der Waals surface area contributed by atoms with Crippen molar-refractivity contribution in [3.05, 3.63) is 29.3 Å². The molecule has 0 saturated heterocycles. The number of benzene rings is 1. The Morgan fingerprint density at radius 2 is 2.10 bits per heavy atom. The minimum atomic E-state index is -0.152. The maximum Gasteiger partial charge on any atom is 0.227 e. The molecule has 2 saturated carbocycles. The third-order valence-corrected chi connectivity index (χ3v) is 4.42. The number of anilines is 1. The highest BCUT2D eigenvalue weighted by molar-refractivity contribution is 5.93. The van der Waals surface area contributed by atoms with Gasteiger partial charge < -0.3 is 10.4 Å². The van der Waals surface area contributed by atoms with Crippen LogP contribution in [0.1, 0.15) is 30.4 Å². The molecule has 3 rings (SSSR count). The third-order valence-electron chi connectivity index (χ3n) is 4.42. The first kappa shape index (κ1) is 13.2. The summed E-state index contributed by atoms with van der Waals surface area (Å²) in [5.74, 6) is 7.51. The van der Waals surface area contributed by atoms with E-state index in [0.29, 0.717) is 0 Å². The van der Waals surface area contributed by atoms with E-state index in [-0.39, 0.29) is 18.4 Å². The van der Waals surface area contributed by atoms with Gasteiger partial charge in [0.25, 0.3) is 0 Å². The second-order valence-corrected chi connectivity index (χ2v) is 5.90. The summed E-state index contributed by atoms with van der Waals surface area (Å²) in [6.07, 6.45) is 3.44. The largest absolute Gasteiger partial charge is 0.384 e. The van der Waals surface area contributed by atoms with Gasteiger partial charge in [0.05, 0.1) is 0 Å². The molecular formula is C17H19NO2. The number of rotatable bonds is 2. The van der Waals surface area contributed by atoms with Crippen LogP contribution >= 0.6 is 0 Å². The highest BCUT2D eigenvalue weighted by Gasteiger charge is 2.47. The van der Waals surface area contributed by atoms with Gasteiger partial charge in [-0.15, -0.1) is 0 Å². The van der Waals surface area contributed by atoms with Crippen molar-refractivity contribution in [2.45, 2.75) is 26.2 Å². The number of aliphatic hydroxyl groups excluding tert-OH is 1. The normalized spacial score (nSPS) is 26.4. The monoisotopic (exact) mass is 269 g/mol. The highest BCUT2D eigenvalue weighted by atomic mass is 16.2. The molecule has 0 aromatic heterocycles. The lowest BCUT2D eigenvalue weighted by Gasteiger charge is -2.13. The molecule has 2 aliphatic rings. The van der Waals surface area contributed by atoms with E-state index >= 15 is 0 Å². The van der Waals surface area contributed by atoms with E-state index < -0.39 is 0 Å². The van der Waals surface area contributed by atoms with Gasteiger partial charge in [0.15, 0.2) is 0 Å². The molecule has 2 fully saturated rings. The Morgan fingerprint density at radius 3 is 2.80 bits per heavy atom. The van der Waals surface area contributed by atoms with Crippen LogP contribution in [0.15, 0.2) is 18.2 Å². The van der Waals surface area contributed by atoms with Gasteiger partial charge in [-0.3, -0.25) is 4.79 Å². The van der Waals surface area contributed by atoms with Crippen LogP contribution in [-0.4, -0.2) is 17.6 Å². The van der Waals surface area contributed by atoms with E-state index in [1.165, 1.54) is 6.42 Å². The Hall–Kier alpha value is -1.79. The predicted molar refractivity (Wildman–Crippen MR) is 78.1 cm³/mol. The smallest absolute Gasteiger partial charge is 0.227 e. The van der Waals surface area contributed by atoms with E-state index in [1.54, 1.807) is 0 Å². The molecule has 2 aliphatic carbocycles. The number of carbonyl (C=O) groups is 1. The minimum Gasteiger partial charge on any atom is -0.384 e. The highest BCUT2D eigenvalue weighted by Crippen LogP contribution is 2.54. The van der Waals surface area contributed by atoms with Crippen LogP contribution in [0.2, 0.25) is 0 Å². The molecule has 3 heteroatoms. The Morgan fingerprint density at radius 1 is 1.35 bits per heavy atom. The topological polar surface area (TPSA) is 49.3 Å². The van der Waals surface area contributed by atoms with Gasteiger partial charge in [-0.1, -0.05) is 17.9 Å². The van der Waals surface area contributed by atoms with E-state index in [0.717, 1.165) is 41.5 Å². The Kier molecular flexibility index (Phi) is 3.50. The summed E-state index contributed by atoms with van der Waals surface area (Å²) < 4.78 is 0. The molecule has 1 aromatic rings. The van der Waals surface area contributed by atoms with Crippen LogP contribution < -0.4 is 5.32 Å². The summed E-state index contributed by atoms with van der Waals surface area (Å²) in [7, 11) is 0. The van der Waals surface area contributed by atoms with Crippen molar-refractivity contribution in [2.75, 3.05) is 11.9 Å². The number of aryl methyl sites for hydroxylation is 1. The molecular weight excluding hydrogens is 250 g/mol. The van der Waals surface area contributed by atoms with E-state index in [9.17, 15) is 4.79 Å². The van der Waals surface area contributed by atoms with Crippen LogP contribution in [0.25, 0.3) is 0 Å². The number of aliphatic hydroxyl groups is 1. The summed E-state index contributed by atoms with van der Waals surface area (Å²) in [6, 6.07) is 5.74. The Balaban J connectivity index is 1.69. The van der Waals surface area contributed by atoms with Gasteiger partial charge in [-0.2, -0.15) is 0 Å². The average molecular weight is 269 g/mol. The van der Waals surface area contributed by atoms with Crippen LogP contribution in [0, 0.1) is 36.5 Å².